The molecule has 3 rings (SSSR count). The second-order valence-corrected chi connectivity index (χ2v) is 5.60. The van der Waals surface area contributed by atoms with Crippen molar-refractivity contribution in [3.8, 4) is 0 Å². The molecule has 0 spiro atoms. The minimum atomic E-state index is -0.600. The molecule has 2 aromatic rings. The van der Waals surface area contributed by atoms with Crippen molar-refractivity contribution < 1.29 is 9.72 Å². The second kappa shape index (κ2) is 7.35. The Labute approximate surface area is 149 Å². The van der Waals surface area contributed by atoms with Crippen LogP contribution in [0.1, 0.15) is 12.0 Å². The van der Waals surface area contributed by atoms with Gasteiger partial charge in [-0.2, -0.15) is 0 Å². The lowest BCUT2D eigenvalue weighted by molar-refractivity contribution is -0.385. The molecule has 0 radical (unpaired) electrons. The molecule has 132 valence electrons. The van der Waals surface area contributed by atoms with Gasteiger partial charge in [0.1, 0.15) is 6.54 Å². The fraction of sp³-hybridized carbons (Fsp3) is 0.250. The topological polar surface area (TPSA) is 111 Å². The van der Waals surface area contributed by atoms with Gasteiger partial charge in [-0.05, 0) is 30.5 Å². The number of halogens is 1. The maximum Gasteiger partial charge on any atom is 0.285 e. The minimum Gasteiger partial charge on any atom is -0.398 e. The number of nitrogen functional groups attached to an aromatic ring is 1. The van der Waals surface area contributed by atoms with Crippen LogP contribution in [-0.4, -0.2) is 21.9 Å². The fourth-order valence-electron chi connectivity index (χ4n) is 2.89. The number of pyridine rings is 1. The molecule has 2 N–H and O–H groups in total. The molecule has 0 saturated carbocycles. The molecule has 9 heteroatoms. The van der Waals surface area contributed by atoms with E-state index >= 15 is 0 Å². The van der Waals surface area contributed by atoms with E-state index in [0.29, 0.717) is 12.2 Å². The first-order chi connectivity index (χ1) is 11.5. The third kappa shape index (κ3) is 3.63. The van der Waals surface area contributed by atoms with Crippen molar-refractivity contribution in [1.82, 2.24) is 4.57 Å². The molecule has 0 unspecified atom stereocenters. The summed E-state index contributed by atoms with van der Waals surface area (Å²) in [6, 6.07) is 7.60. The third-order valence-electron chi connectivity index (χ3n) is 4.07. The fourth-order valence-corrected chi connectivity index (χ4v) is 2.89. The Bertz CT molecular complexity index is 881. The molecule has 25 heavy (non-hydrogen) atoms. The number of rotatable bonds is 3. The summed E-state index contributed by atoms with van der Waals surface area (Å²) in [5.41, 5.74) is 7.57. The quantitative estimate of drug-likeness (QED) is 0.506. The van der Waals surface area contributed by atoms with E-state index in [0.717, 1.165) is 47.0 Å². The largest absolute Gasteiger partial charge is 0.398 e. The average Bonchev–Trinajstić information content (AvgIpc) is 2.56. The first kappa shape index (κ1) is 18.5. The summed E-state index contributed by atoms with van der Waals surface area (Å²) >= 11 is 0. The van der Waals surface area contributed by atoms with Crippen LogP contribution in [0.15, 0.2) is 41.3 Å². The van der Waals surface area contributed by atoms with Gasteiger partial charge < -0.3 is 10.6 Å². The summed E-state index contributed by atoms with van der Waals surface area (Å²) in [4.78, 5) is 36.3. The zero-order valence-electron chi connectivity index (χ0n) is 13.3. The zero-order chi connectivity index (χ0) is 17.3. The van der Waals surface area contributed by atoms with E-state index < -0.39 is 10.5 Å². The van der Waals surface area contributed by atoms with Crippen LogP contribution in [0.3, 0.4) is 0 Å². The van der Waals surface area contributed by atoms with Crippen LogP contribution in [-0.2, 0) is 17.8 Å². The molecule has 0 atom stereocenters. The summed E-state index contributed by atoms with van der Waals surface area (Å²) in [5.74, 6) is -0.302. The van der Waals surface area contributed by atoms with Crippen molar-refractivity contribution in [3.05, 3.63) is 62.6 Å². The van der Waals surface area contributed by atoms with Crippen molar-refractivity contribution in [2.24, 2.45) is 0 Å². The van der Waals surface area contributed by atoms with E-state index in [4.69, 9.17) is 5.73 Å². The molecule has 1 aromatic heterocycles. The Morgan fingerprint density at radius 2 is 2.04 bits per heavy atom. The van der Waals surface area contributed by atoms with Gasteiger partial charge in [0.05, 0.1) is 11.1 Å². The number of carbonyl (C=O) groups excluding carboxylic acids is 1. The highest BCUT2D eigenvalue weighted by Crippen LogP contribution is 2.31. The maximum atomic E-state index is 12.6. The summed E-state index contributed by atoms with van der Waals surface area (Å²) in [5, 5.41) is 10.8. The van der Waals surface area contributed by atoms with E-state index in [1.807, 2.05) is 6.07 Å². The molecule has 2 heterocycles. The Balaban J connectivity index is 0.00000225. The molecular formula is C16H17ClN4O4. The predicted molar refractivity (Wildman–Crippen MR) is 96.1 cm³/mol. The molecule has 1 aromatic carbocycles. The van der Waals surface area contributed by atoms with Crippen LogP contribution < -0.4 is 16.2 Å². The van der Waals surface area contributed by atoms with Crippen LogP contribution in [0.4, 0.5) is 17.1 Å². The standard InChI is InChI=1S/C16H16N4O4.ClH/c17-13-4-1-5-14-12(13)3-2-8-19(14)16(22)10-18-9-11(20(23)24)6-7-15(18)21;/h1,4-7,9H,2-3,8,10,17H2;1H. The number of aromatic nitrogens is 1. The number of amides is 1. The Morgan fingerprint density at radius 1 is 1.28 bits per heavy atom. The molecule has 1 amide bonds. The van der Waals surface area contributed by atoms with Crippen LogP contribution >= 0.6 is 12.4 Å². The van der Waals surface area contributed by atoms with Gasteiger partial charge in [-0.15, -0.1) is 12.4 Å². The van der Waals surface area contributed by atoms with E-state index in [2.05, 4.69) is 0 Å². The summed E-state index contributed by atoms with van der Waals surface area (Å²) in [6.07, 6.45) is 2.66. The van der Waals surface area contributed by atoms with Crippen LogP contribution in [0.25, 0.3) is 0 Å². The number of hydrogen-bond donors (Lipinski definition) is 1. The summed E-state index contributed by atoms with van der Waals surface area (Å²) < 4.78 is 1.06. The predicted octanol–water partition coefficient (Wildman–Crippen LogP) is 1.74. The highest BCUT2D eigenvalue weighted by Gasteiger charge is 2.24. The second-order valence-electron chi connectivity index (χ2n) is 5.60. The normalized spacial score (nSPS) is 12.9. The Hall–Kier alpha value is -2.87. The van der Waals surface area contributed by atoms with Gasteiger partial charge in [0.15, 0.2) is 0 Å². The molecule has 1 aliphatic rings. The smallest absolute Gasteiger partial charge is 0.285 e. The number of nitrogens with two attached hydrogens (primary N) is 1. The maximum absolute atomic E-state index is 12.6. The van der Waals surface area contributed by atoms with Crippen molar-refractivity contribution >= 4 is 35.4 Å². The van der Waals surface area contributed by atoms with E-state index in [1.54, 1.807) is 17.0 Å². The molecule has 8 nitrogen and oxygen atoms in total. The zero-order valence-corrected chi connectivity index (χ0v) is 14.1. The van der Waals surface area contributed by atoms with Crippen molar-refractivity contribution in [3.63, 3.8) is 0 Å². The first-order valence-corrected chi connectivity index (χ1v) is 7.50. The number of nitrogens with zero attached hydrogens (tertiary/aromatic N) is 3. The van der Waals surface area contributed by atoms with E-state index in [9.17, 15) is 19.7 Å². The van der Waals surface area contributed by atoms with Crippen molar-refractivity contribution in [1.29, 1.82) is 0 Å². The van der Waals surface area contributed by atoms with Crippen LogP contribution in [0, 0.1) is 10.1 Å². The molecule has 1 aliphatic heterocycles. The first-order valence-electron chi connectivity index (χ1n) is 7.50. The van der Waals surface area contributed by atoms with Gasteiger partial charge in [-0.25, -0.2) is 0 Å². The summed E-state index contributed by atoms with van der Waals surface area (Å²) in [7, 11) is 0. The molecule has 0 aliphatic carbocycles. The van der Waals surface area contributed by atoms with Gasteiger partial charge in [0.2, 0.25) is 5.91 Å². The monoisotopic (exact) mass is 364 g/mol. The molecule has 0 fully saturated rings. The Morgan fingerprint density at radius 3 is 2.76 bits per heavy atom. The number of hydrogen-bond acceptors (Lipinski definition) is 5. The average molecular weight is 365 g/mol. The molecule has 0 bridgehead atoms. The lowest BCUT2D eigenvalue weighted by Gasteiger charge is -2.30. The highest BCUT2D eigenvalue weighted by atomic mass is 35.5. The van der Waals surface area contributed by atoms with Crippen molar-refractivity contribution in [2.45, 2.75) is 19.4 Å². The van der Waals surface area contributed by atoms with Crippen LogP contribution in [0.2, 0.25) is 0 Å². The van der Waals surface area contributed by atoms with Crippen LogP contribution in [0.5, 0.6) is 0 Å². The lowest BCUT2D eigenvalue weighted by Crippen LogP contribution is -2.39. The SMILES string of the molecule is Cl.Nc1cccc2c1CCCN2C(=O)Cn1cc([N+](=O)[O-])ccc1=O. The van der Waals surface area contributed by atoms with Crippen molar-refractivity contribution in [2.75, 3.05) is 17.2 Å². The Kier molecular flexibility index (Phi) is 5.43. The lowest BCUT2D eigenvalue weighted by atomic mass is 10.00. The third-order valence-corrected chi connectivity index (χ3v) is 4.07. The number of nitro groups is 1. The number of fused-ring (bicyclic) bond motifs is 1. The summed E-state index contributed by atoms with van der Waals surface area (Å²) in [6.45, 7) is 0.272. The van der Waals surface area contributed by atoms with E-state index in [1.165, 1.54) is 0 Å². The minimum absolute atomic E-state index is 0. The van der Waals surface area contributed by atoms with E-state index in [-0.39, 0.29) is 30.5 Å². The highest BCUT2D eigenvalue weighted by molar-refractivity contribution is 5.95. The number of benzene rings is 1. The molecule has 0 saturated heterocycles. The van der Waals surface area contributed by atoms with Gasteiger partial charge in [0, 0.05) is 30.1 Å². The van der Waals surface area contributed by atoms with Gasteiger partial charge in [0.25, 0.3) is 11.2 Å². The van der Waals surface area contributed by atoms with Gasteiger partial charge in [-0.1, -0.05) is 6.07 Å². The van der Waals surface area contributed by atoms with Gasteiger partial charge >= 0.3 is 0 Å². The van der Waals surface area contributed by atoms with Gasteiger partial charge in [-0.3, -0.25) is 24.3 Å². The number of anilines is 2. The molecular weight excluding hydrogens is 348 g/mol. The number of carbonyl (C=O) groups is 1.